The Balaban J connectivity index is 1.12. The monoisotopic (exact) mass is 615 g/mol. The van der Waals surface area contributed by atoms with Crippen molar-refractivity contribution in [3.8, 4) is 23.0 Å². The number of imidazole rings is 1. The van der Waals surface area contributed by atoms with Crippen molar-refractivity contribution in [2.24, 2.45) is 0 Å². The van der Waals surface area contributed by atoms with E-state index in [4.69, 9.17) is 53.8 Å². The molecule has 0 radical (unpaired) electrons. The molecule has 4 heterocycles. The van der Waals surface area contributed by atoms with E-state index in [0.29, 0.717) is 69.3 Å². The normalized spacial score (nSPS) is 17.2. The third kappa shape index (κ3) is 5.22. The Morgan fingerprint density at radius 2 is 1.54 bits per heavy atom. The zero-order valence-electron chi connectivity index (χ0n) is 21.6. The van der Waals surface area contributed by atoms with Gasteiger partial charge < -0.3 is 29.2 Å². The number of hydrogen-bond acceptors (Lipinski definition) is 8. The predicted octanol–water partition coefficient (Wildman–Crippen LogP) is 5.23. The number of amides is 1. The summed E-state index contributed by atoms with van der Waals surface area (Å²) in [6, 6.07) is 12.5. The Morgan fingerprint density at radius 1 is 0.878 bits per heavy atom. The van der Waals surface area contributed by atoms with Crippen LogP contribution in [-0.4, -0.2) is 65.4 Å². The van der Waals surface area contributed by atoms with Gasteiger partial charge in [-0.05, 0) is 47.5 Å². The number of aromatic amines is 1. The summed E-state index contributed by atoms with van der Waals surface area (Å²) in [5, 5.41) is 4.58. The van der Waals surface area contributed by atoms with Crippen LogP contribution in [0.3, 0.4) is 0 Å². The first-order valence-corrected chi connectivity index (χ1v) is 14.1. The minimum atomic E-state index is -0.512. The lowest BCUT2D eigenvalue weighted by atomic mass is 10.1. The standard InChI is InChI=1S/C28H24Cl3N5O5/c29-18-10-24-22(38-13-40-24)8-16(18)12-35-3-5-36(6-4-35)26(17-9-23-25(11-19(17)30)41-14-39-23)34-27(37)15-1-2-20-21(7-15)33-28(31)32-20/h1-2,7-11,26H,3-6,12-14H2,(H,32,33)(H,34,37). The summed E-state index contributed by atoms with van der Waals surface area (Å²) in [6.45, 7) is 3.83. The highest BCUT2D eigenvalue weighted by molar-refractivity contribution is 6.32. The Labute approximate surface area is 250 Å². The number of benzene rings is 3. The second kappa shape index (κ2) is 10.8. The topological polar surface area (TPSA) is 101 Å². The number of aromatic nitrogens is 2. The van der Waals surface area contributed by atoms with Crippen LogP contribution in [0.15, 0.2) is 42.5 Å². The number of halogens is 3. The summed E-state index contributed by atoms with van der Waals surface area (Å²) in [4.78, 5) is 25.2. The summed E-state index contributed by atoms with van der Waals surface area (Å²) < 4.78 is 22.1. The summed E-state index contributed by atoms with van der Waals surface area (Å²) in [5.41, 5.74) is 3.53. The maximum atomic E-state index is 13.6. The fourth-order valence-electron chi connectivity index (χ4n) is 5.34. The fourth-order valence-corrected chi connectivity index (χ4v) is 6.00. The SMILES string of the molecule is O=C(NC(c1cc2c(cc1Cl)OCO2)N1CCN(Cc2cc3c(cc2Cl)OCO3)CC1)c1ccc2nc(Cl)[nH]c2c1. The van der Waals surface area contributed by atoms with E-state index in [9.17, 15) is 4.79 Å². The van der Waals surface area contributed by atoms with Gasteiger partial charge in [0.2, 0.25) is 18.9 Å². The van der Waals surface area contributed by atoms with Gasteiger partial charge in [0.05, 0.1) is 16.1 Å². The third-order valence-electron chi connectivity index (χ3n) is 7.48. The van der Waals surface area contributed by atoms with Gasteiger partial charge in [-0.25, -0.2) is 4.98 Å². The molecule has 1 unspecified atom stereocenters. The zero-order chi connectivity index (χ0) is 28.1. The molecule has 212 valence electrons. The smallest absolute Gasteiger partial charge is 0.252 e. The Bertz CT molecular complexity index is 1660. The molecule has 3 aromatic carbocycles. The molecule has 1 atom stereocenters. The van der Waals surface area contributed by atoms with Crippen molar-refractivity contribution in [1.29, 1.82) is 0 Å². The first-order chi connectivity index (χ1) is 19.9. The summed E-state index contributed by atoms with van der Waals surface area (Å²) in [5.74, 6) is 2.28. The Kier molecular flexibility index (Phi) is 6.96. The van der Waals surface area contributed by atoms with Gasteiger partial charge in [0, 0.05) is 61.0 Å². The van der Waals surface area contributed by atoms with E-state index < -0.39 is 6.17 Å². The summed E-state index contributed by atoms with van der Waals surface area (Å²) in [7, 11) is 0. The van der Waals surface area contributed by atoms with Crippen molar-refractivity contribution < 1.29 is 23.7 Å². The van der Waals surface area contributed by atoms with Crippen LogP contribution in [0, 0.1) is 0 Å². The van der Waals surface area contributed by atoms with E-state index in [1.807, 2.05) is 12.1 Å². The first kappa shape index (κ1) is 26.5. The molecule has 1 aromatic heterocycles. The number of nitrogens with zero attached hydrogens (tertiary/aromatic N) is 3. The number of fused-ring (bicyclic) bond motifs is 3. The molecule has 0 aliphatic carbocycles. The summed E-state index contributed by atoms with van der Waals surface area (Å²) >= 11 is 19.3. The van der Waals surface area contributed by atoms with Crippen LogP contribution < -0.4 is 24.3 Å². The highest BCUT2D eigenvalue weighted by Gasteiger charge is 2.31. The Morgan fingerprint density at radius 3 is 2.27 bits per heavy atom. The molecule has 2 N–H and O–H groups in total. The van der Waals surface area contributed by atoms with Crippen molar-refractivity contribution in [2.45, 2.75) is 12.7 Å². The van der Waals surface area contributed by atoms with Gasteiger partial charge in [-0.15, -0.1) is 0 Å². The maximum Gasteiger partial charge on any atom is 0.252 e. The minimum Gasteiger partial charge on any atom is -0.454 e. The lowest BCUT2D eigenvalue weighted by Crippen LogP contribution is -2.51. The number of carbonyl (C=O) groups is 1. The van der Waals surface area contributed by atoms with Gasteiger partial charge in [0.15, 0.2) is 23.0 Å². The van der Waals surface area contributed by atoms with Gasteiger partial charge in [0.1, 0.15) is 6.17 Å². The second-order valence-corrected chi connectivity index (χ2v) is 11.1. The average Bonchev–Trinajstić information content (AvgIpc) is 3.70. The van der Waals surface area contributed by atoms with Crippen LogP contribution >= 0.6 is 34.8 Å². The molecule has 1 fully saturated rings. The molecule has 0 bridgehead atoms. The molecule has 3 aliphatic heterocycles. The first-order valence-electron chi connectivity index (χ1n) is 13.0. The lowest BCUT2D eigenvalue weighted by Gasteiger charge is -2.40. The average molecular weight is 617 g/mol. The van der Waals surface area contributed by atoms with Crippen LogP contribution in [-0.2, 0) is 6.54 Å². The summed E-state index contributed by atoms with van der Waals surface area (Å²) in [6.07, 6.45) is -0.512. The lowest BCUT2D eigenvalue weighted by molar-refractivity contribution is 0.0645. The molecule has 1 saturated heterocycles. The molecule has 0 spiro atoms. The Hall–Kier alpha value is -3.41. The number of carbonyl (C=O) groups excluding carboxylic acids is 1. The largest absolute Gasteiger partial charge is 0.454 e. The number of ether oxygens (including phenoxy) is 4. The van der Waals surface area contributed by atoms with E-state index in [0.717, 1.165) is 24.2 Å². The molecule has 10 nitrogen and oxygen atoms in total. The van der Waals surface area contributed by atoms with E-state index in [-0.39, 0.29) is 24.8 Å². The number of H-pyrrole nitrogens is 1. The van der Waals surface area contributed by atoms with E-state index >= 15 is 0 Å². The number of rotatable bonds is 6. The van der Waals surface area contributed by atoms with Crippen molar-refractivity contribution in [2.75, 3.05) is 39.8 Å². The highest BCUT2D eigenvalue weighted by atomic mass is 35.5. The zero-order valence-corrected chi connectivity index (χ0v) is 23.9. The molecule has 41 heavy (non-hydrogen) atoms. The molecule has 4 aromatic rings. The number of hydrogen-bond donors (Lipinski definition) is 2. The maximum absolute atomic E-state index is 13.6. The van der Waals surface area contributed by atoms with E-state index in [1.54, 1.807) is 30.3 Å². The molecular weight excluding hydrogens is 593 g/mol. The quantitative estimate of drug-likeness (QED) is 0.304. The van der Waals surface area contributed by atoms with E-state index in [2.05, 4.69) is 25.1 Å². The molecular formula is C28H24Cl3N5O5. The van der Waals surface area contributed by atoms with Crippen molar-refractivity contribution in [3.63, 3.8) is 0 Å². The molecule has 3 aliphatic rings. The van der Waals surface area contributed by atoms with Crippen LogP contribution in [0.25, 0.3) is 11.0 Å². The predicted molar refractivity (Wildman–Crippen MR) is 153 cm³/mol. The van der Waals surface area contributed by atoms with Gasteiger partial charge in [0.25, 0.3) is 5.91 Å². The van der Waals surface area contributed by atoms with Crippen LogP contribution in [0.5, 0.6) is 23.0 Å². The van der Waals surface area contributed by atoms with Crippen molar-refractivity contribution in [1.82, 2.24) is 25.1 Å². The fraction of sp³-hybridized carbons (Fsp3) is 0.286. The second-order valence-electron chi connectivity index (χ2n) is 9.97. The van der Waals surface area contributed by atoms with Crippen LogP contribution in [0.1, 0.15) is 27.7 Å². The van der Waals surface area contributed by atoms with Gasteiger partial charge >= 0.3 is 0 Å². The molecule has 13 heteroatoms. The van der Waals surface area contributed by atoms with E-state index in [1.165, 1.54) is 0 Å². The van der Waals surface area contributed by atoms with Gasteiger partial charge in [-0.1, -0.05) is 23.2 Å². The van der Waals surface area contributed by atoms with Crippen LogP contribution in [0.2, 0.25) is 15.3 Å². The minimum absolute atomic E-state index is 0.125. The molecule has 7 rings (SSSR count). The van der Waals surface area contributed by atoms with Crippen molar-refractivity contribution in [3.05, 3.63) is 74.5 Å². The van der Waals surface area contributed by atoms with Gasteiger partial charge in [-0.2, -0.15) is 0 Å². The van der Waals surface area contributed by atoms with Gasteiger partial charge in [-0.3, -0.25) is 14.6 Å². The third-order valence-corrected chi connectivity index (χ3v) is 8.34. The molecule has 0 saturated carbocycles. The molecule has 1 amide bonds. The van der Waals surface area contributed by atoms with Crippen LogP contribution in [0.4, 0.5) is 0 Å². The van der Waals surface area contributed by atoms with Crippen molar-refractivity contribution >= 4 is 51.7 Å². The number of nitrogens with one attached hydrogen (secondary N) is 2. The number of piperazine rings is 1. The highest BCUT2D eigenvalue weighted by Crippen LogP contribution is 2.40.